The minimum absolute atomic E-state index is 0.124. The Kier molecular flexibility index (Phi) is 9.32. The molecule has 1 aliphatic heterocycles. The van der Waals surface area contributed by atoms with E-state index in [1.165, 1.54) is 0 Å². The van der Waals surface area contributed by atoms with Gasteiger partial charge in [0, 0.05) is 27.7 Å². The van der Waals surface area contributed by atoms with E-state index in [2.05, 4.69) is 9.97 Å². The Labute approximate surface area is 197 Å². The first-order valence-corrected chi connectivity index (χ1v) is 11.1. The van der Waals surface area contributed by atoms with Crippen LogP contribution in [0.4, 0.5) is 0 Å². The molecule has 0 radical (unpaired) electrons. The van der Waals surface area contributed by atoms with Crippen molar-refractivity contribution in [3.63, 3.8) is 0 Å². The molecule has 0 unspecified atom stereocenters. The van der Waals surface area contributed by atoms with Gasteiger partial charge in [-0.3, -0.25) is 28.8 Å². The minimum atomic E-state index is -1.48. The largest absolute Gasteiger partial charge is 0.463 e. The van der Waals surface area contributed by atoms with Crippen molar-refractivity contribution in [2.45, 2.75) is 63.4 Å². The number of aromatic nitrogens is 2. The van der Waals surface area contributed by atoms with Crippen LogP contribution in [0.3, 0.4) is 0 Å². The van der Waals surface area contributed by atoms with Crippen molar-refractivity contribution in [3.8, 4) is 0 Å². The van der Waals surface area contributed by atoms with Crippen LogP contribution in [0.25, 0.3) is 0 Å². The lowest BCUT2D eigenvalue weighted by atomic mass is 9.91. The molecule has 0 saturated carbocycles. The van der Waals surface area contributed by atoms with Crippen LogP contribution in [0, 0.1) is 0 Å². The summed E-state index contributed by atoms with van der Waals surface area (Å²) in [6.45, 7) is 3.93. The second-order valence-corrected chi connectivity index (χ2v) is 7.91. The van der Waals surface area contributed by atoms with Crippen LogP contribution in [0.2, 0.25) is 0 Å². The van der Waals surface area contributed by atoms with Crippen molar-refractivity contribution < 1.29 is 47.7 Å². The highest BCUT2D eigenvalue weighted by Gasteiger charge is 2.53. The van der Waals surface area contributed by atoms with Gasteiger partial charge in [-0.05, 0) is 6.26 Å². The molecular weight excluding hydrogens is 476 g/mol. The molecule has 1 aromatic heterocycles. The van der Waals surface area contributed by atoms with Crippen LogP contribution in [0.15, 0.2) is 9.95 Å². The maximum absolute atomic E-state index is 12.5. The van der Waals surface area contributed by atoms with Gasteiger partial charge in [0.05, 0.1) is 5.69 Å². The monoisotopic (exact) mass is 500 g/mol. The molecule has 2 heterocycles. The quantitative estimate of drug-likeness (QED) is 0.167. The number of carbonyl (C=O) groups excluding carboxylic acids is 5. The third-order valence-electron chi connectivity index (χ3n) is 4.53. The summed E-state index contributed by atoms with van der Waals surface area (Å²) in [5.74, 6) is -3.10. The van der Waals surface area contributed by atoms with E-state index >= 15 is 0 Å². The number of carbonyl (C=O) groups is 5. The lowest BCUT2D eigenvalue weighted by Gasteiger charge is -2.44. The molecule has 0 aliphatic carbocycles. The van der Waals surface area contributed by atoms with Crippen molar-refractivity contribution in [1.29, 1.82) is 0 Å². The fourth-order valence-corrected chi connectivity index (χ4v) is 3.74. The number of hydrogen-bond acceptors (Lipinski definition) is 13. The van der Waals surface area contributed by atoms with Gasteiger partial charge in [0.1, 0.15) is 24.4 Å². The third kappa shape index (κ3) is 6.63. The number of aromatic amines is 1. The zero-order chi connectivity index (χ0) is 25.6. The summed E-state index contributed by atoms with van der Waals surface area (Å²) in [7, 11) is 0. The number of aldehydes is 1. The predicted octanol–water partition coefficient (Wildman–Crippen LogP) is 0.102. The molecule has 186 valence electrons. The van der Waals surface area contributed by atoms with Crippen molar-refractivity contribution >= 4 is 41.9 Å². The van der Waals surface area contributed by atoms with E-state index in [1.807, 2.05) is 0 Å². The number of esters is 4. The van der Waals surface area contributed by atoms with Gasteiger partial charge >= 0.3 is 23.9 Å². The average molecular weight is 500 g/mol. The summed E-state index contributed by atoms with van der Waals surface area (Å²) in [5, 5.41) is 0.124. The van der Waals surface area contributed by atoms with E-state index in [0.29, 0.717) is 0 Å². The Morgan fingerprint density at radius 1 is 0.971 bits per heavy atom. The first kappa shape index (κ1) is 27.0. The summed E-state index contributed by atoms with van der Waals surface area (Å²) < 4.78 is 26.9. The van der Waals surface area contributed by atoms with Crippen LogP contribution < -0.4 is 5.56 Å². The average Bonchev–Trinajstić information content (AvgIpc) is 2.73. The number of H-pyrrole nitrogens is 1. The lowest BCUT2D eigenvalue weighted by Crippen LogP contribution is -2.60. The molecule has 1 aliphatic rings. The van der Waals surface area contributed by atoms with Gasteiger partial charge in [0.15, 0.2) is 29.8 Å². The number of thioether (sulfide) groups is 1. The molecular formula is C20H24N2O11S. The highest BCUT2D eigenvalue weighted by Crippen LogP contribution is 2.37. The van der Waals surface area contributed by atoms with E-state index in [-0.39, 0.29) is 17.1 Å². The standard InChI is InChI=1S/C20H24N2O11S/c1-8(24)29-7-13-15(30-9(2)25)17(31-10(3)26)18(32-11(4)27)16(33-13)14-12(6-23)19(28)22-20(21-14)34-5/h6,13,15-18H,7H2,1-5H3,(H,21,22,28)/t13-,15-,16-,17+,18+/m1/s1. The zero-order valence-corrected chi connectivity index (χ0v) is 19.8. The Morgan fingerprint density at radius 3 is 2.03 bits per heavy atom. The zero-order valence-electron chi connectivity index (χ0n) is 19.0. The van der Waals surface area contributed by atoms with E-state index in [1.54, 1.807) is 6.26 Å². The second kappa shape index (κ2) is 11.7. The van der Waals surface area contributed by atoms with Crippen molar-refractivity contribution in [2.24, 2.45) is 0 Å². The maximum atomic E-state index is 12.5. The van der Waals surface area contributed by atoms with Gasteiger partial charge in [-0.2, -0.15) is 0 Å². The molecule has 0 bridgehead atoms. The fourth-order valence-electron chi connectivity index (χ4n) is 3.35. The minimum Gasteiger partial charge on any atom is -0.463 e. The first-order chi connectivity index (χ1) is 16.0. The van der Waals surface area contributed by atoms with Crippen molar-refractivity contribution in [3.05, 3.63) is 21.6 Å². The summed E-state index contributed by atoms with van der Waals surface area (Å²) in [6.07, 6.45) is -5.12. The first-order valence-electron chi connectivity index (χ1n) is 9.92. The molecule has 0 amide bonds. The molecule has 1 N–H and O–H groups in total. The number of hydrogen-bond donors (Lipinski definition) is 1. The molecule has 0 aromatic carbocycles. The topological polar surface area (TPSA) is 177 Å². The SMILES string of the molecule is CSc1nc([C@H]2O[C@H](COC(C)=O)[C@@H](OC(C)=O)[C@H](OC(C)=O)[C@H]2OC(C)=O)c(C=O)c(=O)[nH]1. The summed E-state index contributed by atoms with van der Waals surface area (Å²) >= 11 is 1.06. The van der Waals surface area contributed by atoms with E-state index in [9.17, 15) is 28.8 Å². The van der Waals surface area contributed by atoms with Crippen molar-refractivity contribution in [1.82, 2.24) is 9.97 Å². The summed E-state index contributed by atoms with van der Waals surface area (Å²) in [5.41, 5.74) is -1.41. The second-order valence-electron chi connectivity index (χ2n) is 7.11. The molecule has 5 atom stereocenters. The molecule has 1 aromatic rings. The molecule has 1 saturated heterocycles. The molecule has 14 heteroatoms. The highest BCUT2D eigenvalue weighted by molar-refractivity contribution is 7.98. The van der Waals surface area contributed by atoms with Crippen LogP contribution in [0.5, 0.6) is 0 Å². The lowest BCUT2D eigenvalue weighted by molar-refractivity contribution is -0.255. The van der Waals surface area contributed by atoms with Gasteiger partial charge < -0.3 is 28.7 Å². The van der Waals surface area contributed by atoms with E-state index in [4.69, 9.17) is 23.7 Å². The van der Waals surface area contributed by atoms with Gasteiger partial charge in [-0.1, -0.05) is 11.8 Å². The van der Waals surface area contributed by atoms with Crippen LogP contribution in [0.1, 0.15) is 49.9 Å². The van der Waals surface area contributed by atoms with Gasteiger partial charge in [-0.15, -0.1) is 0 Å². The molecule has 1 fully saturated rings. The van der Waals surface area contributed by atoms with Crippen LogP contribution >= 0.6 is 11.8 Å². The van der Waals surface area contributed by atoms with Crippen LogP contribution in [-0.4, -0.2) is 77.4 Å². The summed E-state index contributed by atoms with van der Waals surface area (Å²) in [6, 6.07) is 0. The Morgan fingerprint density at radius 2 is 1.53 bits per heavy atom. The smallest absolute Gasteiger partial charge is 0.303 e. The fraction of sp³-hybridized carbons (Fsp3) is 0.550. The predicted molar refractivity (Wildman–Crippen MR) is 113 cm³/mol. The Balaban J connectivity index is 2.73. The van der Waals surface area contributed by atoms with Gasteiger partial charge in [0.25, 0.3) is 5.56 Å². The highest BCUT2D eigenvalue weighted by atomic mass is 32.2. The van der Waals surface area contributed by atoms with Crippen molar-refractivity contribution in [2.75, 3.05) is 12.9 Å². The van der Waals surface area contributed by atoms with Gasteiger partial charge in [-0.25, -0.2) is 4.98 Å². The number of rotatable bonds is 8. The number of ether oxygens (including phenoxy) is 5. The molecule has 0 spiro atoms. The van der Waals surface area contributed by atoms with Crippen LogP contribution in [-0.2, 0) is 42.9 Å². The molecule has 2 rings (SSSR count). The summed E-state index contributed by atoms with van der Waals surface area (Å²) in [4.78, 5) is 77.9. The van der Waals surface area contributed by atoms with Gasteiger partial charge in [0.2, 0.25) is 0 Å². The maximum Gasteiger partial charge on any atom is 0.303 e. The van der Waals surface area contributed by atoms with E-state index in [0.717, 1.165) is 39.5 Å². The normalized spacial score (nSPS) is 24.0. The Bertz CT molecular complexity index is 1020. The Hall–Kier alpha value is -3.26. The molecule has 34 heavy (non-hydrogen) atoms. The van der Waals surface area contributed by atoms with E-state index < -0.39 is 72.1 Å². The molecule has 13 nitrogen and oxygen atoms in total. The third-order valence-corrected chi connectivity index (χ3v) is 5.11. The number of nitrogens with one attached hydrogen (secondary N) is 1. The number of nitrogens with zero attached hydrogens (tertiary/aromatic N) is 1.